The molecular weight excluding hydrogens is 208 g/mol. The van der Waals surface area contributed by atoms with Crippen LogP contribution in [-0.2, 0) is 0 Å². The summed E-state index contributed by atoms with van der Waals surface area (Å²) in [6.45, 7) is 3.56. The van der Waals surface area contributed by atoms with Gasteiger partial charge in [0.2, 0.25) is 0 Å². The smallest absolute Gasteiger partial charge is 0.0152 e. The topological polar surface area (TPSA) is 29.3 Å². The second-order valence-corrected chi connectivity index (χ2v) is 7.31. The number of hydrogen-bond acceptors (Lipinski definition) is 2. The Morgan fingerprint density at radius 3 is 2.12 bits per heavy atom. The SMILES string of the molecule is NCC1CCN(C2C3CC4CC(C3)CC2C4)C1. The highest BCUT2D eigenvalue weighted by atomic mass is 15.2. The monoisotopic (exact) mass is 234 g/mol. The van der Waals surface area contributed by atoms with E-state index in [0.29, 0.717) is 0 Å². The lowest BCUT2D eigenvalue weighted by Gasteiger charge is -2.56. The van der Waals surface area contributed by atoms with Gasteiger partial charge in [-0.25, -0.2) is 0 Å². The molecule has 4 bridgehead atoms. The highest BCUT2D eigenvalue weighted by molar-refractivity contribution is 5.03. The zero-order valence-corrected chi connectivity index (χ0v) is 10.9. The number of nitrogens with zero attached hydrogens (tertiary/aromatic N) is 1. The van der Waals surface area contributed by atoms with Gasteiger partial charge in [-0.1, -0.05) is 0 Å². The highest BCUT2D eigenvalue weighted by Crippen LogP contribution is 2.55. The first-order valence-corrected chi connectivity index (χ1v) is 7.77. The third kappa shape index (κ3) is 1.67. The van der Waals surface area contributed by atoms with Crippen LogP contribution in [0.2, 0.25) is 0 Å². The Morgan fingerprint density at radius 1 is 0.941 bits per heavy atom. The van der Waals surface area contributed by atoms with Crippen LogP contribution in [0.1, 0.15) is 38.5 Å². The largest absolute Gasteiger partial charge is 0.330 e. The molecule has 0 aromatic rings. The van der Waals surface area contributed by atoms with E-state index in [9.17, 15) is 0 Å². The minimum absolute atomic E-state index is 0.798. The Labute approximate surface area is 105 Å². The van der Waals surface area contributed by atoms with Gasteiger partial charge in [0.05, 0.1) is 0 Å². The van der Waals surface area contributed by atoms with Crippen molar-refractivity contribution in [3.63, 3.8) is 0 Å². The van der Waals surface area contributed by atoms with E-state index in [4.69, 9.17) is 5.73 Å². The van der Waals surface area contributed by atoms with Gasteiger partial charge in [-0.05, 0) is 81.2 Å². The lowest BCUT2D eigenvalue weighted by Crippen LogP contribution is -2.55. The van der Waals surface area contributed by atoms with Crippen LogP contribution in [0, 0.1) is 29.6 Å². The van der Waals surface area contributed by atoms with E-state index in [-0.39, 0.29) is 0 Å². The summed E-state index contributed by atoms with van der Waals surface area (Å²) >= 11 is 0. The lowest BCUT2D eigenvalue weighted by molar-refractivity contribution is -0.0591. The Balaban J connectivity index is 1.51. The van der Waals surface area contributed by atoms with Gasteiger partial charge in [0.1, 0.15) is 0 Å². The second-order valence-electron chi connectivity index (χ2n) is 7.31. The van der Waals surface area contributed by atoms with Crippen molar-refractivity contribution in [2.45, 2.75) is 44.6 Å². The number of hydrogen-bond donors (Lipinski definition) is 1. The van der Waals surface area contributed by atoms with Crippen molar-refractivity contribution in [2.24, 2.45) is 35.3 Å². The zero-order chi connectivity index (χ0) is 11.4. The summed E-state index contributed by atoms with van der Waals surface area (Å²) in [5.74, 6) is 5.14. The standard InChI is InChI=1S/C15H26N2/c16-8-10-1-2-17(9-10)15-13-4-11-3-12(6-13)7-14(15)5-11/h10-15H,1-9,16H2. The summed E-state index contributed by atoms with van der Waals surface area (Å²) in [7, 11) is 0. The molecule has 2 nitrogen and oxygen atoms in total. The molecule has 1 unspecified atom stereocenters. The molecule has 1 atom stereocenters. The van der Waals surface area contributed by atoms with Gasteiger partial charge in [-0.15, -0.1) is 0 Å². The average Bonchev–Trinajstić information content (AvgIpc) is 2.76. The van der Waals surface area contributed by atoms with E-state index in [2.05, 4.69) is 4.90 Å². The van der Waals surface area contributed by atoms with E-state index < -0.39 is 0 Å². The van der Waals surface area contributed by atoms with Crippen LogP contribution in [0.5, 0.6) is 0 Å². The third-order valence-corrected chi connectivity index (χ3v) is 6.25. The van der Waals surface area contributed by atoms with Crippen LogP contribution in [0.4, 0.5) is 0 Å². The Hall–Kier alpha value is -0.0800. The van der Waals surface area contributed by atoms with Crippen molar-refractivity contribution in [2.75, 3.05) is 19.6 Å². The molecule has 4 aliphatic carbocycles. The molecule has 0 aromatic heterocycles. The average molecular weight is 234 g/mol. The van der Waals surface area contributed by atoms with Crippen LogP contribution in [-0.4, -0.2) is 30.6 Å². The zero-order valence-electron chi connectivity index (χ0n) is 10.9. The van der Waals surface area contributed by atoms with Gasteiger partial charge in [0.25, 0.3) is 0 Å². The van der Waals surface area contributed by atoms with E-state index in [1.165, 1.54) is 19.5 Å². The molecule has 2 heteroatoms. The van der Waals surface area contributed by atoms with Gasteiger partial charge in [0, 0.05) is 12.6 Å². The predicted octanol–water partition coefficient (Wildman–Crippen LogP) is 2.09. The van der Waals surface area contributed by atoms with E-state index in [1.54, 1.807) is 32.1 Å². The van der Waals surface area contributed by atoms with Crippen LogP contribution in [0.25, 0.3) is 0 Å². The molecule has 1 aliphatic heterocycles. The maximum absolute atomic E-state index is 5.84. The molecule has 0 radical (unpaired) electrons. The Morgan fingerprint density at radius 2 is 1.59 bits per heavy atom. The van der Waals surface area contributed by atoms with Crippen molar-refractivity contribution >= 4 is 0 Å². The maximum Gasteiger partial charge on any atom is 0.0152 e. The molecular formula is C15H26N2. The van der Waals surface area contributed by atoms with Gasteiger partial charge in [-0.2, -0.15) is 0 Å². The quantitative estimate of drug-likeness (QED) is 0.793. The van der Waals surface area contributed by atoms with Gasteiger partial charge in [-0.3, -0.25) is 4.90 Å². The number of nitrogens with two attached hydrogens (primary N) is 1. The maximum atomic E-state index is 5.84. The van der Waals surface area contributed by atoms with Crippen LogP contribution in [0.15, 0.2) is 0 Å². The summed E-state index contributed by atoms with van der Waals surface area (Å²) in [5.41, 5.74) is 5.84. The van der Waals surface area contributed by atoms with Crippen molar-refractivity contribution in [1.82, 2.24) is 4.90 Å². The summed E-state index contributed by atoms with van der Waals surface area (Å²) in [5, 5.41) is 0. The van der Waals surface area contributed by atoms with Crippen molar-refractivity contribution in [3.8, 4) is 0 Å². The first-order chi connectivity index (χ1) is 8.33. The van der Waals surface area contributed by atoms with Crippen molar-refractivity contribution < 1.29 is 0 Å². The fourth-order valence-corrected chi connectivity index (χ4v) is 5.82. The van der Waals surface area contributed by atoms with Gasteiger partial charge < -0.3 is 5.73 Å². The molecule has 5 aliphatic rings. The molecule has 0 spiro atoms. The minimum Gasteiger partial charge on any atom is -0.330 e. The van der Waals surface area contributed by atoms with E-state index >= 15 is 0 Å². The molecule has 96 valence electrons. The summed E-state index contributed by atoms with van der Waals surface area (Å²) in [4.78, 5) is 2.84. The van der Waals surface area contributed by atoms with E-state index in [1.807, 2.05) is 0 Å². The first kappa shape index (κ1) is 10.8. The molecule has 5 rings (SSSR count). The van der Waals surface area contributed by atoms with E-state index in [0.717, 1.165) is 42.2 Å². The number of rotatable bonds is 2. The van der Waals surface area contributed by atoms with Gasteiger partial charge in [0.15, 0.2) is 0 Å². The van der Waals surface area contributed by atoms with Crippen LogP contribution >= 0.6 is 0 Å². The Bertz CT molecular complexity index is 273. The summed E-state index contributed by atoms with van der Waals surface area (Å²) < 4.78 is 0. The van der Waals surface area contributed by atoms with Crippen LogP contribution < -0.4 is 5.73 Å². The fraction of sp³-hybridized carbons (Fsp3) is 1.00. The molecule has 5 fully saturated rings. The van der Waals surface area contributed by atoms with Crippen LogP contribution in [0.3, 0.4) is 0 Å². The second kappa shape index (κ2) is 3.96. The predicted molar refractivity (Wildman–Crippen MR) is 69.6 cm³/mol. The number of likely N-dealkylation sites (tertiary alicyclic amines) is 1. The molecule has 0 aromatic carbocycles. The molecule has 0 amide bonds. The Kier molecular flexibility index (Phi) is 2.52. The van der Waals surface area contributed by atoms with Crippen molar-refractivity contribution in [3.05, 3.63) is 0 Å². The molecule has 17 heavy (non-hydrogen) atoms. The third-order valence-electron chi connectivity index (χ3n) is 6.25. The minimum atomic E-state index is 0.798. The molecule has 4 saturated carbocycles. The summed E-state index contributed by atoms with van der Waals surface area (Å²) in [6.07, 6.45) is 9.16. The molecule has 1 saturated heterocycles. The molecule has 2 N–H and O–H groups in total. The normalized spacial score (nSPS) is 53.5. The van der Waals surface area contributed by atoms with Crippen molar-refractivity contribution in [1.29, 1.82) is 0 Å². The highest BCUT2D eigenvalue weighted by Gasteiger charge is 2.50. The lowest BCUT2D eigenvalue weighted by atomic mass is 9.54. The fourth-order valence-electron chi connectivity index (χ4n) is 5.82. The van der Waals surface area contributed by atoms with Gasteiger partial charge >= 0.3 is 0 Å². The molecule has 1 heterocycles. The summed E-state index contributed by atoms with van der Waals surface area (Å²) in [6, 6.07) is 0.958. The first-order valence-electron chi connectivity index (χ1n) is 7.77.